The van der Waals surface area contributed by atoms with Gasteiger partial charge >= 0.3 is 5.97 Å². The third-order valence-electron chi connectivity index (χ3n) is 4.10. The summed E-state index contributed by atoms with van der Waals surface area (Å²) in [5.74, 6) is -0.881. The average Bonchev–Trinajstić information content (AvgIpc) is 2.67. The molecule has 0 unspecified atom stereocenters. The van der Waals surface area contributed by atoms with Crippen molar-refractivity contribution >= 4 is 11.7 Å². The second-order valence-corrected chi connectivity index (χ2v) is 5.79. The smallest absolute Gasteiger partial charge is 0.335 e. The molecule has 0 fully saturated rings. The number of anilines is 1. The molecule has 22 heavy (non-hydrogen) atoms. The van der Waals surface area contributed by atoms with Crippen molar-refractivity contribution in [1.29, 1.82) is 0 Å². The fourth-order valence-corrected chi connectivity index (χ4v) is 2.87. The average molecular weight is 296 g/mol. The molecule has 114 valence electrons. The Kier molecular flexibility index (Phi) is 4.11. The van der Waals surface area contributed by atoms with E-state index in [1.165, 1.54) is 11.3 Å². The van der Waals surface area contributed by atoms with Crippen molar-refractivity contribution in [3.05, 3.63) is 65.2 Å². The number of hydrogen-bond acceptors (Lipinski definition) is 3. The minimum atomic E-state index is -0.881. The zero-order valence-electron chi connectivity index (χ0n) is 12.7. The van der Waals surface area contributed by atoms with Gasteiger partial charge < -0.3 is 14.9 Å². The highest BCUT2D eigenvalue weighted by molar-refractivity contribution is 5.87. The lowest BCUT2D eigenvalue weighted by atomic mass is 10.1. The molecular weight excluding hydrogens is 276 g/mol. The zero-order valence-corrected chi connectivity index (χ0v) is 12.7. The summed E-state index contributed by atoms with van der Waals surface area (Å²) in [4.78, 5) is 15.6. The SMILES string of the molecule is CN1CCN(Cc2ccc(C(=O)O)cc2)c2ccccc2C1. The van der Waals surface area contributed by atoms with Gasteiger partial charge in [0.25, 0.3) is 0 Å². The van der Waals surface area contributed by atoms with Crippen molar-refractivity contribution in [2.75, 3.05) is 25.0 Å². The fourth-order valence-electron chi connectivity index (χ4n) is 2.87. The summed E-state index contributed by atoms with van der Waals surface area (Å²) >= 11 is 0. The maximum absolute atomic E-state index is 10.9. The predicted molar refractivity (Wildman–Crippen MR) is 87.2 cm³/mol. The summed E-state index contributed by atoms with van der Waals surface area (Å²) in [6.45, 7) is 3.74. The van der Waals surface area contributed by atoms with Gasteiger partial charge in [-0.1, -0.05) is 30.3 Å². The molecule has 1 aliphatic heterocycles. The molecule has 3 rings (SSSR count). The Balaban J connectivity index is 1.83. The van der Waals surface area contributed by atoms with Crippen LogP contribution in [0.4, 0.5) is 5.69 Å². The van der Waals surface area contributed by atoms with Gasteiger partial charge in [-0.3, -0.25) is 0 Å². The molecule has 0 bridgehead atoms. The summed E-state index contributed by atoms with van der Waals surface area (Å²) in [6.07, 6.45) is 0. The van der Waals surface area contributed by atoms with Crippen LogP contribution in [0, 0.1) is 0 Å². The normalized spacial score (nSPS) is 15.2. The summed E-state index contributed by atoms with van der Waals surface area (Å²) in [5.41, 5.74) is 4.07. The number of benzene rings is 2. The molecule has 4 nitrogen and oxygen atoms in total. The number of carboxylic acids is 1. The quantitative estimate of drug-likeness (QED) is 0.946. The van der Waals surface area contributed by atoms with Crippen molar-refractivity contribution in [2.45, 2.75) is 13.1 Å². The van der Waals surface area contributed by atoms with E-state index in [0.717, 1.165) is 31.7 Å². The first-order chi connectivity index (χ1) is 10.6. The Hall–Kier alpha value is -2.33. The number of fused-ring (bicyclic) bond motifs is 1. The van der Waals surface area contributed by atoms with E-state index in [4.69, 9.17) is 5.11 Å². The minimum absolute atomic E-state index is 0.333. The molecule has 2 aromatic rings. The van der Waals surface area contributed by atoms with Crippen LogP contribution in [0.15, 0.2) is 48.5 Å². The van der Waals surface area contributed by atoms with E-state index in [1.54, 1.807) is 12.1 Å². The van der Waals surface area contributed by atoms with Gasteiger partial charge in [0, 0.05) is 31.9 Å². The Morgan fingerprint density at radius 2 is 1.82 bits per heavy atom. The number of aromatic carboxylic acids is 1. The highest BCUT2D eigenvalue weighted by atomic mass is 16.4. The van der Waals surface area contributed by atoms with E-state index in [1.807, 2.05) is 12.1 Å². The number of nitrogens with zero attached hydrogens (tertiary/aromatic N) is 2. The van der Waals surface area contributed by atoms with Crippen LogP contribution in [0.5, 0.6) is 0 Å². The first kappa shape index (κ1) is 14.6. The number of hydrogen-bond donors (Lipinski definition) is 1. The lowest BCUT2D eigenvalue weighted by molar-refractivity contribution is 0.0697. The fraction of sp³-hybridized carbons (Fsp3) is 0.278. The first-order valence-electron chi connectivity index (χ1n) is 7.47. The van der Waals surface area contributed by atoms with Crippen LogP contribution in [0.25, 0.3) is 0 Å². The number of rotatable bonds is 3. The van der Waals surface area contributed by atoms with Crippen molar-refractivity contribution < 1.29 is 9.90 Å². The molecule has 0 atom stereocenters. The Labute approximate surface area is 130 Å². The maximum atomic E-state index is 10.9. The number of carbonyl (C=O) groups is 1. The topological polar surface area (TPSA) is 43.8 Å². The third-order valence-corrected chi connectivity index (χ3v) is 4.10. The molecule has 0 aromatic heterocycles. The van der Waals surface area contributed by atoms with Gasteiger partial charge in [-0.15, -0.1) is 0 Å². The number of carboxylic acid groups (broad SMARTS) is 1. The summed E-state index contributed by atoms with van der Waals surface area (Å²) < 4.78 is 0. The standard InChI is InChI=1S/C18H20N2O2/c1-19-10-11-20(17-5-3-2-4-16(17)13-19)12-14-6-8-15(9-7-14)18(21)22/h2-9H,10-13H2,1H3,(H,21,22). The van der Waals surface area contributed by atoms with E-state index in [0.29, 0.717) is 5.56 Å². The number of likely N-dealkylation sites (N-methyl/N-ethyl adjacent to an activating group) is 1. The second kappa shape index (κ2) is 6.20. The predicted octanol–water partition coefficient (Wildman–Crippen LogP) is 2.84. The third kappa shape index (κ3) is 3.12. The second-order valence-electron chi connectivity index (χ2n) is 5.79. The first-order valence-corrected chi connectivity index (χ1v) is 7.47. The minimum Gasteiger partial charge on any atom is -0.478 e. The van der Waals surface area contributed by atoms with Crippen LogP contribution in [0.2, 0.25) is 0 Å². The van der Waals surface area contributed by atoms with Crippen molar-refractivity contribution in [3.63, 3.8) is 0 Å². The highest BCUT2D eigenvalue weighted by Crippen LogP contribution is 2.26. The van der Waals surface area contributed by atoms with E-state index >= 15 is 0 Å². The van der Waals surface area contributed by atoms with E-state index in [-0.39, 0.29) is 0 Å². The van der Waals surface area contributed by atoms with Gasteiger partial charge in [0.05, 0.1) is 5.56 Å². The van der Waals surface area contributed by atoms with E-state index in [2.05, 4.69) is 41.1 Å². The van der Waals surface area contributed by atoms with Gasteiger partial charge in [-0.05, 0) is 36.4 Å². The van der Waals surface area contributed by atoms with Crippen LogP contribution in [-0.2, 0) is 13.1 Å². The Morgan fingerprint density at radius 3 is 2.55 bits per heavy atom. The van der Waals surface area contributed by atoms with Gasteiger partial charge in [0.1, 0.15) is 0 Å². The maximum Gasteiger partial charge on any atom is 0.335 e. The van der Waals surface area contributed by atoms with Gasteiger partial charge in [-0.2, -0.15) is 0 Å². The van der Waals surface area contributed by atoms with Crippen LogP contribution < -0.4 is 4.90 Å². The molecule has 2 aromatic carbocycles. The molecule has 1 aliphatic rings. The molecule has 0 spiro atoms. The molecule has 1 heterocycles. The molecule has 4 heteroatoms. The van der Waals surface area contributed by atoms with Crippen molar-refractivity contribution in [2.24, 2.45) is 0 Å². The Morgan fingerprint density at radius 1 is 1.09 bits per heavy atom. The highest BCUT2D eigenvalue weighted by Gasteiger charge is 2.17. The van der Waals surface area contributed by atoms with Crippen LogP contribution in [0.3, 0.4) is 0 Å². The molecule has 0 aliphatic carbocycles. The van der Waals surface area contributed by atoms with E-state index < -0.39 is 5.97 Å². The molecule has 0 amide bonds. The van der Waals surface area contributed by atoms with Crippen LogP contribution in [-0.4, -0.2) is 36.1 Å². The zero-order chi connectivity index (χ0) is 15.5. The van der Waals surface area contributed by atoms with Gasteiger partial charge in [0.2, 0.25) is 0 Å². The van der Waals surface area contributed by atoms with Crippen LogP contribution in [0.1, 0.15) is 21.5 Å². The van der Waals surface area contributed by atoms with Crippen LogP contribution >= 0.6 is 0 Å². The van der Waals surface area contributed by atoms with Crippen molar-refractivity contribution in [3.8, 4) is 0 Å². The summed E-state index contributed by atoms with van der Waals surface area (Å²) in [6, 6.07) is 15.7. The lowest BCUT2D eigenvalue weighted by Crippen LogP contribution is -2.29. The molecule has 1 N–H and O–H groups in total. The molecule has 0 saturated heterocycles. The molecular formula is C18H20N2O2. The molecule has 0 saturated carbocycles. The van der Waals surface area contributed by atoms with Crippen molar-refractivity contribution in [1.82, 2.24) is 4.90 Å². The van der Waals surface area contributed by atoms with Gasteiger partial charge in [0.15, 0.2) is 0 Å². The lowest BCUT2D eigenvalue weighted by Gasteiger charge is -2.25. The monoisotopic (exact) mass is 296 g/mol. The van der Waals surface area contributed by atoms with E-state index in [9.17, 15) is 4.79 Å². The summed E-state index contributed by atoms with van der Waals surface area (Å²) in [7, 11) is 2.14. The number of para-hydroxylation sites is 1. The molecule has 0 radical (unpaired) electrons. The summed E-state index contributed by atoms with van der Waals surface area (Å²) in [5, 5.41) is 8.98. The Bertz CT molecular complexity index is 667. The van der Waals surface area contributed by atoms with Gasteiger partial charge in [-0.25, -0.2) is 4.79 Å². The largest absolute Gasteiger partial charge is 0.478 e.